The summed E-state index contributed by atoms with van der Waals surface area (Å²) in [7, 11) is 0. The maximum atomic E-state index is 12.5. The van der Waals surface area contributed by atoms with Gasteiger partial charge in [-0.2, -0.15) is 0 Å². The number of ether oxygens (including phenoxy) is 6. The molecule has 4 atom stereocenters. The number of nitro groups is 1. The van der Waals surface area contributed by atoms with E-state index in [1.165, 1.54) is 178 Å². The Morgan fingerprint density at radius 3 is 0.964 bits per heavy atom. The van der Waals surface area contributed by atoms with Crippen LogP contribution in [0.25, 0.3) is 0 Å². The molecule has 0 saturated carbocycles. The van der Waals surface area contributed by atoms with Gasteiger partial charge in [-0.1, -0.05) is 275 Å². The Kier molecular flexibility index (Phi) is 81.2. The van der Waals surface area contributed by atoms with Crippen molar-refractivity contribution in [1.29, 1.82) is 0 Å². The lowest BCUT2D eigenvalue weighted by Crippen LogP contribution is -2.38. The SMILES string of the molecule is CCCCCCCCC(CCCCCC)COC(=O)CCCCCCCCC(CCCCC)OC(=O)OCCN(CCO)CCN(CC)CC.CCCCCCCCC(CCCCCC)COC(=O)CCCCCCCCC(CCCCC)OC(=O)Oc1ccc([N+](=O)[O-])cc1.CCN(CC)CCN(CCO)CCO. The molecule has 3 N–H and O–H groups in total. The van der Waals surface area contributed by atoms with Crippen molar-refractivity contribution < 1.29 is 67.8 Å². The summed E-state index contributed by atoms with van der Waals surface area (Å²) in [6.45, 7) is 34.1. The van der Waals surface area contributed by atoms with E-state index >= 15 is 0 Å². The lowest BCUT2D eigenvalue weighted by Gasteiger charge is -2.25. The molecule has 0 aliphatic heterocycles. The smallest absolute Gasteiger partial charge is 0.465 e. The number of carbonyl (C=O) groups is 4. The van der Waals surface area contributed by atoms with Crippen molar-refractivity contribution in [3.63, 3.8) is 0 Å². The van der Waals surface area contributed by atoms with Gasteiger partial charge in [0.1, 0.15) is 24.6 Å². The normalized spacial score (nSPS) is 12.5. The summed E-state index contributed by atoms with van der Waals surface area (Å²) >= 11 is 0. The lowest BCUT2D eigenvalue weighted by molar-refractivity contribution is -0.384. The van der Waals surface area contributed by atoms with E-state index in [1.54, 1.807) is 0 Å². The highest BCUT2D eigenvalue weighted by molar-refractivity contribution is 5.69. The molecule has 0 aromatic heterocycles. The first kappa shape index (κ1) is 108. The highest BCUT2D eigenvalue weighted by atomic mass is 16.7. The van der Waals surface area contributed by atoms with E-state index in [1.807, 2.05) is 0 Å². The van der Waals surface area contributed by atoms with E-state index in [2.05, 4.69) is 88.8 Å². The largest absolute Gasteiger partial charge is 0.514 e. The number of non-ortho nitro benzene ring substituents is 1. The summed E-state index contributed by atoms with van der Waals surface area (Å²) in [5.74, 6) is 1.18. The standard InChI is InChI=1S/C42H84N2O6.C38H65NO7.C10H24N2O2/c1-6-11-14-16-19-24-28-39(27-23-15-12-7-2)38-49-41(46)31-26-21-18-17-20-25-30-40(29-22-13-8-3)50-42(47)48-37-35-44(34-36-45)33-32-43(9-4)10-5;1-4-7-10-12-15-20-24-33(23-19-11-8-5-2)32-44-37(40)27-22-17-14-13-16-21-26-35(25-18-9-6-3)45-38(41)46-36-30-28-34(29-31-36)39(42)43;1-3-11(4-2)5-6-12(7-9-13)8-10-14/h39-40,45H,6-38H2,1-5H3;28-31,33,35H,4-27,32H2,1-3H3;13-14H,3-10H2,1-2H3. The summed E-state index contributed by atoms with van der Waals surface area (Å²) in [5, 5.41) is 37.9. The minimum Gasteiger partial charge on any atom is -0.465 e. The summed E-state index contributed by atoms with van der Waals surface area (Å²) in [4.78, 5) is 69.1. The van der Waals surface area contributed by atoms with Crippen molar-refractivity contribution in [2.24, 2.45) is 11.8 Å². The number of benzene rings is 1. The molecule has 0 bridgehead atoms. The molecule has 1 rings (SSSR count). The molecule has 0 radical (unpaired) electrons. The lowest BCUT2D eigenvalue weighted by atomic mass is 9.95. The third-order valence-corrected chi connectivity index (χ3v) is 21.3. The Morgan fingerprint density at radius 2 is 0.627 bits per heavy atom. The van der Waals surface area contributed by atoms with Gasteiger partial charge < -0.3 is 53.5 Å². The van der Waals surface area contributed by atoms with Crippen LogP contribution in [0.4, 0.5) is 15.3 Å². The van der Waals surface area contributed by atoms with Gasteiger partial charge in [0.2, 0.25) is 0 Å². The van der Waals surface area contributed by atoms with Crippen molar-refractivity contribution in [2.45, 2.75) is 390 Å². The Labute approximate surface area is 674 Å². The second-order valence-corrected chi connectivity index (χ2v) is 30.8. The molecule has 0 amide bonds. The van der Waals surface area contributed by atoms with Crippen LogP contribution in [0.5, 0.6) is 5.75 Å². The molecule has 4 unspecified atom stereocenters. The maximum Gasteiger partial charge on any atom is 0.514 e. The van der Waals surface area contributed by atoms with Gasteiger partial charge in [-0.3, -0.25) is 29.5 Å². The zero-order valence-electron chi connectivity index (χ0n) is 72.8. The van der Waals surface area contributed by atoms with Gasteiger partial charge >= 0.3 is 24.2 Å². The number of likely N-dealkylation sites (N-methyl/N-ethyl adjacent to an activating group) is 2. The second-order valence-electron chi connectivity index (χ2n) is 30.8. The highest BCUT2D eigenvalue weighted by Crippen LogP contribution is 2.25. The molecule has 1 aromatic carbocycles. The van der Waals surface area contributed by atoms with Crippen molar-refractivity contribution in [3.8, 4) is 5.75 Å². The molecule has 0 heterocycles. The van der Waals surface area contributed by atoms with E-state index in [4.69, 9.17) is 38.6 Å². The van der Waals surface area contributed by atoms with Crippen LogP contribution in [-0.4, -0.2) is 194 Å². The average Bonchev–Trinajstić information content (AvgIpc) is 0.885. The quantitative estimate of drug-likeness (QED) is 0.0137. The minimum absolute atomic E-state index is 0.0220. The van der Waals surface area contributed by atoms with Gasteiger partial charge in [-0.15, -0.1) is 0 Å². The number of carbonyl (C=O) groups excluding carboxylic acids is 4. The number of hydrogen-bond donors (Lipinski definition) is 3. The van der Waals surface area contributed by atoms with E-state index in [9.17, 15) is 34.4 Å². The van der Waals surface area contributed by atoms with Gasteiger partial charge in [-0.05, 0) is 140 Å². The van der Waals surface area contributed by atoms with E-state index in [0.717, 1.165) is 194 Å². The average molecular weight is 1570 g/mol. The maximum absolute atomic E-state index is 12.5. The molecule has 0 aliphatic rings. The third-order valence-electron chi connectivity index (χ3n) is 21.3. The van der Waals surface area contributed by atoms with E-state index in [0.29, 0.717) is 64.1 Å². The fourth-order valence-electron chi connectivity index (χ4n) is 13.9. The zero-order valence-corrected chi connectivity index (χ0v) is 72.8. The van der Waals surface area contributed by atoms with Crippen LogP contribution in [0.15, 0.2) is 24.3 Å². The van der Waals surface area contributed by atoms with E-state index < -0.39 is 17.2 Å². The first-order valence-electron chi connectivity index (χ1n) is 45.6. The van der Waals surface area contributed by atoms with Crippen molar-refractivity contribution in [2.75, 3.05) is 118 Å². The number of hydrogen-bond acceptors (Lipinski definition) is 19. The molecule has 20 heteroatoms. The molecule has 648 valence electrons. The molecule has 0 fully saturated rings. The van der Waals surface area contributed by atoms with Gasteiger partial charge in [0, 0.05) is 77.3 Å². The van der Waals surface area contributed by atoms with Crippen LogP contribution in [0.1, 0.15) is 377 Å². The van der Waals surface area contributed by atoms with Crippen LogP contribution in [-0.2, 0) is 33.3 Å². The van der Waals surface area contributed by atoms with Crippen LogP contribution in [0.3, 0.4) is 0 Å². The number of esters is 2. The third kappa shape index (κ3) is 70.4. The van der Waals surface area contributed by atoms with Crippen molar-refractivity contribution in [1.82, 2.24) is 19.6 Å². The van der Waals surface area contributed by atoms with Crippen LogP contribution in [0, 0.1) is 22.0 Å². The summed E-state index contributed by atoms with van der Waals surface area (Å²) in [6, 6.07) is 5.39. The fourth-order valence-corrected chi connectivity index (χ4v) is 13.9. The summed E-state index contributed by atoms with van der Waals surface area (Å²) in [6.07, 6.45) is 52.2. The highest BCUT2D eigenvalue weighted by Gasteiger charge is 2.21. The summed E-state index contributed by atoms with van der Waals surface area (Å²) in [5.41, 5.74) is -0.0613. The molecule has 1 aromatic rings. The molecule has 0 saturated heterocycles. The monoisotopic (exact) mass is 1560 g/mol. The molecule has 110 heavy (non-hydrogen) atoms. The molecular formula is C90H173N5O15. The van der Waals surface area contributed by atoms with Crippen LogP contribution in [0.2, 0.25) is 0 Å². The van der Waals surface area contributed by atoms with E-state index in [-0.39, 0.29) is 62.0 Å². The Hall–Kier alpha value is -4.18. The molecular weight excluding hydrogens is 1390 g/mol. The van der Waals surface area contributed by atoms with Crippen molar-refractivity contribution >= 4 is 29.9 Å². The topological polar surface area (TPSA) is 240 Å². The fraction of sp³-hybridized carbons (Fsp3) is 0.889. The Bertz CT molecular complexity index is 2150. The van der Waals surface area contributed by atoms with Gasteiger partial charge in [0.15, 0.2) is 0 Å². The summed E-state index contributed by atoms with van der Waals surface area (Å²) < 4.78 is 33.6. The van der Waals surface area contributed by atoms with Crippen molar-refractivity contribution in [3.05, 3.63) is 34.4 Å². The van der Waals surface area contributed by atoms with Gasteiger partial charge in [0.05, 0.1) is 38.0 Å². The predicted molar refractivity (Wildman–Crippen MR) is 454 cm³/mol. The number of aliphatic hydroxyl groups excluding tert-OH is 3. The zero-order chi connectivity index (χ0) is 81.4. The van der Waals surface area contributed by atoms with Crippen LogP contribution < -0.4 is 4.74 Å². The number of nitrogens with zero attached hydrogens (tertiary/aromatic N) is 5. The molecule has 0 spiro atoms. The number of nitro benzene ring substituents is 1. The Morgan fingerprint density at radius 1 is 0.345 bits per heavy atom. The van der Waals surface area contributed by atoms with Crippen LogP contribution >= 0.6 is 0 Å². The molecule has 0 aliphatic carbocycles. The Balaban J connectivity index is 0. The van der Waals surface area contributed by atoms with Gasteiger partial charge in [0.25, 0.3) is 5.69 Å². The number of aliphatic hydroxyl groups is 3. The second kappa shape index (κ2) is 82.8. The predicted octanol–water partition coefficient (Wildman–Crippen LogP) is 22.4. The first-order chi connectivity index (χ1) is 53.6. The van der Waals surface area contributed by atoms with Gasteiger partial charge in [-0.25, -0.2) is 9.59 Å². The number of rotatable bonds is 77. The first-order valence-corrected chi connectivity index (χ1v) is 45.6. The number of unbranched alkanes of at least 4 members (excludes halogenated alkanes) is 30. The molecule has 20 nitrogen and oxygen atoms in total. The minimum atomic E-state index is -0.771.